The normalized spacial score (nSPS) is 10.5. The number of nitrogens with one attached hydrogen (secondary N) is 1. The average Bonchev–Trinajstić information content (AvgIpc) is 2.75. The molecule has 3 nitrogen and oxygen atoms in total. The van der Waals surface area contributed by atoms with Gasteiger partial charge in [0.2, 0.25) is 0 Å². The molecule has 28 heavy (non-hydrogen) atoms. The number of hydrogen-bond donors (Lipinski definition) is 1. The van der Waals surface area contributed by atoms with Gasteiger partial charge in [-0.2, -0.15) is 11.8 Å². The zero-order valence-corrected chi connectivity index (χ0v) is 16.9. The fourth-order valence-corrected chi connectivity index (χ4v) is 3.79. The Balaban J connectivity index is 1.41. The summed E-state index contributed by atoms with van der Waals surface area (Å²) >= 11 is 1.88. The van der Waals surface area contributed by atoms with Gasteiger partial charge in [0.25, 0.3) is 5.91 Å². The first-order chi connectivity index (χ1) is 13.7. The van der Waals surface area contributed by atoms with Gasteiger partial charge in [-0.3, -0.25) is 4.79 Å². The van der Waals surface area contributed by atoms with Crippen molar-refractivity contribution in [1.82, 2.24) is 5.32 Å². The second-order valence-corrected chi connectivity index (χ2v) is 7.51. The van der Waals surface area contributed by atoms with Crippen LogP contribution in [0.25, 0.3) is 0 Å². The molecule has 1 amide bonds. The summed E-state index contributed by atoms with van der Waals surface area (Å²) in [5.74, 6) is 2.75. The second kappa shape index (κ2) is 10.6. The first kappa shape index (κ1) is 20.0. The summed E-state index contributed by atoms with van der Waals surface area (Å²) < 4.78 is 5.16. The van der Waals surface area contributed by atoms with E-state index in [2.05, 4.69) is 29.6 Å². The lowest BCUT2D eigenvalue weighted by molar-refractivity contribution is 0.0954. The summed E-state index contributed by atoms with van der Waals surface area (Å²) in [6.45, 7) is 0.611. The number of carbonyl (C=O) groups is 1. The van der Waals surface area contributed by atoms with Crippen LogP contribution in [0.15, 0.2) is 78.9 Å². The summed E-state index contributed by atoms with van der Waals surface area (Å²) in [6, 6.07) is 26.3. The van der Waals surface area contributed by atoms with Gasteiger partial charge in [0.1, 0.15) is 5.75 Å². The van der Waals surface area contributed by atoms with Crippen molar-refractivity contribution in [3.8, 4) is 5.75 Å². The van der Waals surface area contributed by atoms with Crippen molar-refractivity contribution in [2.24, 2.45) is 0 Å². The molecular formula is C24H25NO2S. The molecule has 1 N–H and O–H groups in total. The smallest absolute Gasteiger partial charge is 0.251 e. The molecule has 0 aliphatic rings. The van der Waals surface area contributed by atoms with Gasteiger partial charge < -0.3 is 10.1 Å². The summed E-state index contributed by atoms with van der Waals surface area (Å²) in [5, 5.41) is 2.98. The maximum absolute atomic E-state index is 12.3. The van der Waals surface area contributed by atoms with Gasteiger partial charge in [0.15, 0.2) is 0 Å². The van der Waals surface area contributed by atoms with Gasteiger partial charge in [-0.25, -0.2) is 0 Å². The molecule has 0 aromatic heterocycles. The van der Waals surface area contributed by atoms with E-state index in [0.717, 1.165) is 23.7 Å². The molecule has 144 valence electrons. The highest BCUT2D eigenvalue weighted by Crippen LogP contribution is 2.18. The molecule has 0 bridgehead atoms. The lowest BCUT2D eigenvalue weighted by atomic mass is 10.1. The number of carbonyl (C=O) groups excluding carboxylic acids is 1. The van der Waals surface area contributed by atoms with Crippen molar-refractivity contribution in [3.05, 3.63) is 101 Å². The van der Waals surface area contributed by atoms with E-state index in [0.29, 0.717) is 12.1 Å². The molecule has 0 unspecified atom stereocenters. The van der Waals surface area contributed by atoms with Crippen molar-refractivity contribution < 1.29 is 9.53 Å². The third-order valence-electron chi connectivity index (χ3n) is 4.45. The molecule has 0 aliphatic carbocycles. The zero-order valence-electron chi connectivity index (χ0n) is 16.1. The Hall–Kier alpha value is -2.72. The molecule has 3 aromatic rings. The van der Waals surface area contributed by atoms with E-state index in [4.69, 9.17) is 4.74 Å². The van der Waals surface area contributed by atoms with Crippen LogP contribution in [0.2, 0.25) is 0 Å². The number of amides is 1. The molecular weight excluding hydrogens is 366 g/mol. The van der Waals surface area contributed by atoms with Gasteiger partial charge in [-0.15, -0.1) is 0 Å². The minimum Gasteiger partial charge on any atom is -0.497 e. The Kier molecular flexibility index (Phi) is 7.56. The fourth-order valence-electron chi connectivity index (χ4n) is 2.83. The third-order valence-corrected chi connectivity index (χ3v) is 5.53. The standard InChI is InChI=1S/C24H25NO2S/c1-27-23-13-9-19(10-14-23)15-16-25-24(26)22-11-7-21(8-12-22)18-28-17-20-5-3-2-4-6-20/h2-14H,15-18H2,1H3,(H,25,26). The second-order valence-electron chi connectivity index (χ2n) is 6.53. The highest BCUT2D eigenvalue weighted by Gasteiger charge is 2.05. The SMILES string of the molecule is COc1ccc(CCNC(=O)c2ccc(CSCc3ccccc3)cc2)cc1. The highest BCUT2D eigenvalue weighted by molar-refractivity contribution is 7.97. The van der Waals surface area contributed by atoms with Crippen LogP contribution in [0.5, 0.6) is 5.75 Å². The molecule has 0 aliphatic heterocycles. The van der Waals surface area contributed by atoms with E-state index in [1.807, 2.05) is 66.4 Å². The van der Waals surface area contributed by atoms with Crippen LogP contribution in [-0.4, -0.2) is 19.6 Å². The number of methoxy groups -OCH3 is 1. The molecule has 0 radical (unpaired) electrons. The van der Waals surface area contributed by atoms with E-state index >= 15 is 0 Å². The predicted molar refractivity (Wildman–Crippen MR) is 117 cm³/mol. The van der Waals surface area contributed by atoms with Gasteiger partial charge >= 0.3 is 0 Å². The zero-order chi connectivity index (χ0) is 19.6. The summed E-state index contributed by atoms with van der Waals surface area (Å²) in [4.78, 5) is 12.3. The summed E-state index contributed by atoms with van der Waals surface area (Å²) in [7, 11) is 1.66. The van der Waals surface area contributed by atoms with Crippen LogP contribution < -0.4 is 10.1 Å². The van der Waals surface area contributed by atoms with E-state index in [1.165, 1.54) is 16.7 Å². The lowest BCUT2D eigenvalue weighted by Crippen LogP contribution is -2.25. The Morgan fingerprint density at radius 3 is 2.07 bits per heavy atom. The first-order valence-corrected chi connectivity index (χ1v) is 10.5. The van der Waals surface area contributed by atoms with Crippen molar-refractivity contribution in [2.75, 3.05) is 13.7 Å². The van der Waals surface area contributed by atoms with Crippen LogP contribution in [0.4, 0.5) is 0 Å². The molecule has 0 saturated carbocycles. The minimum atomic E-state index is -0.0306. The Morgan fingerprint density at radius 2 is 1.43 bits per heavy atom. The quantitative estimate of drug-likeness (QED) is 0.551. The molecule has 0 fully saturated rings. The maximum Gasteiger partial charge on any atom is 0.251 e. The third kappa shape index (κ3) is 6.17. The first-order valence-electron chi connectivity index (χ1n) is 9.36. The van der Waals surface area contributed by atoms with Crippen LogP contribution in [0, 0.1) is 0 Å². The summed E-state index contributed by atoms with van der Waals surface area (Å²) in [5.41, 5.74) is 4.44. The lowest BCUT2D eigenvalue weighted by Gasteiger charge is -2.07. The Labute approximate surface area is 171 Å². The van der Waals surface area contributed by atoms with E-state index in [1.54, 1.807) is 7.11 Å². The van der Waals surface area contributed by atoms with Crippen molar-refractivity contribution >= 4 is 17.7 Å². The maximum atomic E-state index is 12.3. The summed E-state index contributed by atoms with van der Waals surface area (Å²) in [6.07, 6.45) is 0.796. The monoisotopic (exact) mass is 391 g/mol. The van der Waals surface area contributed by atoms with Crippen LogP contribution in [-0.2, 0) is 17.9 Å². The molecule has 0 heterocycles. The van der Waals surface area contributed by atoms with Crippen molar-refractivity contribution in [3.63, 3.8) is 0 Å². The van der Waals surface area contributed by atoms with Crippen LogP contribution >= 0.6 is 11.8 Å². The van der Waals surface area contributed by atoms with Crippen molar-refractivity contribution in [1.29, 1.82) is 0 Å². The number of thioether (sulfide) groups is 1. The number of ether oxygens (including phenoxy) is 1. The largest absolute Gasteiger partial charge is 0.497 e. The van der Waals surface area contributed by atoms with Gasteiger partial charge in [-0.05, 0) is 47.4 Å². The van der Waals surface area contributed by atoms with Crippen molar-refractivity contribution in [2.45, 2.75) is 17.9 Å². The molecule has 0 saturated heterocycles. The number of rotatable bonds is 9. The average molecular weight is 392 g/mol. The van der Waals surface area contributed by atoms with E-state index < -0.39 is 0 Å². The Morgan fingerprint density at radius 1 is 0.821 bits per heavy atom. The van der Waals surface area contributed by atoms with Crippen LogP contribution in [0.3, 0.4) is 0 Å². The topological polar surface area (TPSA) is 38.3 Å². The predicted octanol–water partition coefficient (Wildman–Crippen LogP) is 5.10. The number of hydrogen-bond acceptors (Lipinski definition) is 3. The van der Waals surface area contributed by atoms with Gasteiger partial charge in [0.05, 0.1) is 7.11 Å². The van der Waals surface area contributed by atoms with Gasteiger partial charge in [-0.1, -0.05) is 54.6 Å². The van der Waals surface area contributed by atoms with E-state index in [-0.39, 0.29) is 5.91 Å². The molecule has 4 heteroatoms. The van der Waals surface area contributed by atoms with Gasteiger partial charge in [0, 0.05) is 23.6 Å². The van der Waals surface area contributed by atoms with E-state index in [9.17, 15) is 4.79 Å². The highest BCUT2D eigenvalue weighted by atomic mass is 32.2. The number of benzene rings is 3. The molecule has 0 spiro atoms. The minimum absolute atomic E-state index is 0.0306. The molecule has 0 atom stereocenters. The molecule has 3 rings (SSSR count). The Bertz CT molecular complexity index is 861. The fraction of sp³-hybridized carbons (Fsp3) is 0.208. The van der Waals surface area contributed by atoms with Crippen LogP contribution in [0.1, 0.15) is 27.0 Å². The molecule has 3 aromatic carbocycles.